The van der Waals surface area contributed by atoms with Crippen LogP contribution in [-0.2, 0) is 0 Å². The van der Waals surface area contributed by atoms with E-state index in [1.54, 1.807) is 0 Å². The maximum Gasteiger partial charge on any atom is 0.254 e. The molecule has 0 saturated carbocycles. The number of rotatable bonds is 4. The molecule has 98 valence electrons. The Morgan fingerprint density at radius 3 is 2.67 bits per heavy atom. The first-order valence-corrected chi connectivity index (χ1v) is 6.72. The molecule has 3 nitrogen and oxygen atoms in total. The number of benzene rings is 1. The molecule has 0 spiro atoms. The van der Waals surface area contributed by atoms with Crippen LogP contribution in [0.25, 0.3) is 0 Å². The minimum Gasteiger partial charge on any atom is -0.333 e. The van der Waals surface area contributed by atoms with Crippen LogP contribution in [-0.4, -0.2) is 36.5 Å². The van der Waals surface area contributed by atoms with Gasteiger partial charge in [0.1, 0.15) is 0 Å². The maximum absolute atomic E-state index is 12.6. The van der Waals surface area contributed by atoms with Crippen molar-refractivity contribution in [1.29, 1.82) is 0 Å². The fourth-order valence-electron chi connectivity index (χ4n) is 2.31. The minimum absolute atomic E-state index is 0.185. The zero-order valence-corrected chi connectivity index (χ0v) is 11.5. The molecule has 2 rings (SSSR count). The Kier molecular flexibility index (Phi) is 4.02. The molecule has 0 radical (unpaired) electrons. The van der Waals surface area contributed by atoms with Gasteiger partial charge in [0.25, 0.3) is 5.91 Å². The summed E-state index contributed by atoms with van der Waals surface area (Å²) in [6.07, 6.45) is 1.01. The first-order chi connectivity index (χ1) is 8.63. The molecule has 1 N–H and O–H groups in total. The molecule has 1 heterocycles. The molecule has 0 aromatic heterocycles. The molecule has 1 fully saturated rings. The van der Waals surface area contributed by atoms with Crippen molar-refractivity contribution in [1.82, 2.24) is 10.2 Å². The number of nitrogens with one attached hydrogen (secondary N) is 1. The molecule has 0 unspecified atom stereocenters. The molecular weight excluding hydrogens is 224 g/mol. The van der Waals surface area contributed by atoms with Crippen LogP contribution in [0.3, 0.4) is 0 Å². The standard InChI is InChI=1S/C15H22N2O/c1-4-7-17(13-9-16-10-13)15(18)14-8-11(2)5-6-12(14)3/h5-6,8,13,16H,4,7,9-10H2,1-3H3. The van der Waals surface area contributed by atoms with Gasteiger partial charge in [0.15, 0.2) is 0 Å². The van der Waals surface area contributed by atoms with Gasteiger partial charge in [-0.1, -0.05) is 24.6 Å². The Balaban J connectivity index is 2.23. The fourth-order valence-corrected chi connectivity index (χ4v) is 2.31. The van der Waals surface area contributed by atoms with Gasteiger partial charge in [-0.2, -0.15) is 0 Å². The zero-order chi connectivity index (χ0) is 13.1. The highest BCUT2D eigenvalue weighted by Gasteiger charge is 2.29. The van der Waals surface area contributed by atoms with Crippen LogP contribution in [0.4, 0.5) is 0 Å². The summed E-state index contributed by atoms with van der Waals surface area (Å²) in [4.78, 5) is 14.7. The average Bonchev–Trinajstić information content (AvgIpc) is 2.28. The molecule has 1 saturated heterocycles. The van der Waals surface area contributed by atoms with E-state index in [2.05, 4.69) is 18.3 Å². The third kappa shape index (κ3) is 2.56. The van der Waals surface area contributed by atoms with E-state index in [1.807, 2.05) is 30.9 Å². The van der Waals surface area contributed by atoms with Crippen molar-refractivity contribution < 1.29 is 4.79 Å². The third-order valence-corrected chi connectivity index (χ3v) is 3.55. The molecule has 0 bridgehead atoms. The monoisotopic (exact) mass is 246 g/mol. The minimum atomic E-state index is 0.185. The van der Waals surface area contributed by atoms with Gasteiger partial charge >= 0.3 is 0 Å². The summed E-state index contributed by atoms with van der Waals surface area (Å²) in [6, 6.07) is 6.47. The molecule has 1 aliphatic rings. The molecule has 0 aliphatic carbocycles. The van der Waals surface area contributed by atoms with E-state index >= 15 is 0 Å². The molecule has 1 aliphatic heterocycles. The van der Waals surface area contributed by atoms with Crippen molar-refractivity contribution >= 4 is 5.91 Å². The Labute approximate surface area is 109 Å². The number of hydrogen-bond acceptors (Lipinski definition) is 2. The molecular formula is C15H22N2O. The molecule has 1 aromatic rings. The number of carbonyl (C=O) groups excluding carboxylic acids is 1. The van der Waals surface area contributed by atoms with Gasteiger partial charge < -0.3 is 10.2 Å². The SMILES string of the molecule is CCCN(C(=O)c1cc(C)ccc1C)C1CNC1. The summed E-state index contributed by atoms with van der Waals surface area (Å²) in [5.41, 5.74) is 3.07. The lowest BCUT2D eigenvalue weighted by Gasteiger charge is -2.38. The largest absolute Gasteiger partial charge is 0.333 e. The highest BCUT2D eigenvalue weighted by atomic mass is 16.2. The summed E-state index contributed by atoms with van der Waals surface area (Å²) in [5, 5.41) is 3.24. The number of nitrogens with zero attached hydrogens (tertiary/aromatic N) is 1. The molecule has 0 atom stereocenters. The van der Waals surface area contributed by atoms with Crippen molar-refractivity contribution in [3.05, 3.63) is 34.9 Å². The van der Waals surface area contributed by atoms with Gasteiger partial charge in [0.2, 0.25) is 0 Å². The summed E-state index contributed by atoms with van der Waals surface area (Å²) in [5.74, 6) is 0.185. The van der Waals surface area contributed by atoms with Crippen molar-refractivity contribution in [2.24, 2.45) is 0 Å². The summed E-state index contributed by atoms with van der Waals surface area (Å²) >= 11 is 0. The number of aryl methyl sites for hydroxylation is 2. The normalized spacial score (nSPS) is 15.3. The molecule has 3 heteroatoms. The quantitative estimate of drug-likeness (QED) is 0.882. The van der Waals surface area contributed by atoms with Gasteiger partial charge in [-0.05, 0) is 31.9 Å². The van der Waals surface area contributed by atoms with E-state index in [0.29, 0.717) is 6.04 Å². The summed E-state index contributed by atoms with van der Waals surface area (Å²) < 4.78 is 0. The lowest BCUT2D eigenvalue weighted by Crippen LogP contribution is -2.59. The van der Waals surface area contributed by atoms with Crippen LogP contribution in [0.15, 0.2) is 18.2 Å². The van der Waals surface area contributed by atoms with Gasteiger partial charge in [-0.3, -0.25) is 4.79 Å². The summed E-state index contributed by atoms with van der Waals surface area (Å²) in [7, 11) is 0. The zero-order valence-electron chi connectivity index (χ0n) is 11.5. The maximum atomic E-state index is 12.6. The second kappa shape index (κ2) is 5.53. The Bertz CT molecular complexity index is 438. The van der Waals surface area contributed by atoms with Crippen molar-refractivity contribution in [3.63, 3.8) is 0 Å². The van der Waals surface area contributed by atoms with Gasteiger partial charge in [-0.25, -0.2) is 0 Å². The van der Waals surface area contributed by atoms with Crippen LogP contribution in [0.5, 0.6) is 0 Å². The van der Waals surface area contributed by atoms with Gasteiger partial charge in [0, 0.05) is 25.2 Å². The van der Waals surface area contributed by atoms with Crippen LogP contribution < -0.4 is 5.32 Å². The predicted octanol–water partition coefficient (Wildman–Crippen LogP) is 2.13. The fraction of sp³-hybridized carbons (Fsp3) is 0.533. The highest BCUT2D eigenvalue weighted by Crippen LogP contribution is 2.17. The van der Waals surface area contributed by atoms with Crippen LogP contribution >= 0.6 is 0 Å². The second-order valence-corrected chi connectivity index (χ2v) is 5.13. The van der Waals surface area contributed by atoms with E-state index in [0.717, 1.165) is 42.7 Å². The second-order valence-electron chi connectivity index (χ2n) is 5.13. The van der Waals surface area contributed by atoms with Crippen LogP contribution in [0.2, 0.25) is 0 Å². The number of carbonyl (C=O) groups is 1. The number of amides is 1. The Hall–Kier alpha value is -1.35. The lowest BCUT2D eigenvalue weighted by molar-refractivity contribution is 0.0615. The molecule has 1 aromatic carbocycles. The van der Waals surface area contributed by atoms with Crippen molar-refractivity contribution in [2.75, 3.05) is 19.6 Å². The molecule has 18 heavy (non-hydrogen) atoms. The third-order valence-electron chi connectivity index (χ3n) is 3.55. The van der Waals surface area contributed by atoms with Crippen molar-refractivity contribution in [2.45, 2.75) is 33.2 Å². The van der Waals surface area contributed by atoms with E-state index in [1.165, 1.54) is 0 Å². The van der Waals surface area contributed by atoms with Gasteiger partial charge in [-0.15, -0.1) is 0 Å². The first-order valence-electron chi connectivity index (χ1n) is 6.72. The van der Waals surface area contributed by atoms with E-state index in [9.17, 15) is 4.79 Å². The van der Waals surface area contributed by atoms with Crippen LogP contribution in [0, 0.1) is 13.8 Å². The number of hydrogen-bond donors (Lipinski definition) is 1. The van der Waals surface area contributed by atoms with E-state index in [-0.39, 0.29) is 5.91 Å². The van der Waals surface area contributed by atoms with E-state index in [4.69, 9.17) is 0 Å². The Morgan fingerprint density at radius 1 is 1.39 bits per heavy atom. The Morgan fingerprint density at radius 2 is 2.11 bits per heavy atom. The lowest BCUT2D eigenvalue weighted by atomic mass is 10.0. The highest BCUT2D eigenvalue weighted by molar-refractivity contribution is 5.96. The van der Waals surface area contributed by atoms with Crippen LogP contribution in [0.1, 0.15) is 34.8 Å². The summed E-state index contributed by atoms with van der Waals surface area (Å²) in [6.45, 7) is 8.86. The van der Waals surface area contributed by atoms with Gasteiger partial charge in [0.05, 0.1) is 6.04 Å². The first kappa shape index (κ1) is 13.1. The smallest absolute Gasteiger partial charge is 0.254 e. The predicted molar refractivity (Wildman–Crippen MR) is 73.9 cm³/mol. The topological polar surface area (TPSA) is 32.3 Å². The molecule has 1 amide bonds. The van der Waals surface area contributed by atoms with E-state index < -0.39 is 0 Å². The average molecular weight is 246 g/mol. The van der Waals surface area contributed by atoms with Crippen molar-refractivity contribution in [3.8, 4) is 0 Å².